The summed E-state index contributed by atoms with van der Waals surface area (Å²) in [5.41, 5.74) is 2.27. The van der Waals surface area contributed by atoms with E-state index in [0.717, 1.165) is 27.6 Å². The van der Waals surface area contributed by atoms with Gasteiger partial charge in [-0.2, -0.15) is 5.26 Å². The average Bonchev–Trinajstić information content (AvgIpc) is 3.14. The Kier molecular flexibility index (Phi) is 5.04. The number of rotatable bonds is 6. The van der Waals surface area contributed by atoms with E-state index in [-0.39, 0.29) is 5.92 Å². The van der Waals surface area contributed by atoms with Gasteiger partial charge in [0.1, 0.15) is 0 Å². The number of benzene rings is 1. The topological polar surface area (TPSA) is 85.8 Å². The highest BCUT2D eigenvalue weighted by atomic mass is 35.5. The molecule has 0 saturated heterocycles. The van der Waals surface area contributed by atoms with Crippen LogP contribution in [0.2, 0.25) is 4.34 Å². The fourth-order valence-corrected chi connectivity index (χ4v) is 4.71. The number of nitriles is 1. The molecular weight excluding hydrogens is 378 g/mol. The number of aromatic amines is 1. The van der Waals surface area contributed by atoms with Crippen LogP contribution in [-0.4, -0.2) is 19.7 Å². The third kappa shape index (κ3) is 3.98. The molecule has 0 fully saturated rings. The number of thiophene rings is 1. The van der Waals surface area contributed by atoms with Crippen LogP contribution in [0, 0.1) is 11.3 Å². The molecule has 2 heterocycles. The van der Waals surface area contributed by atoms with Gasteiger partial charge in [-0.3, -0.25) is 4.72 Å². The monoisotopic (exact) mass is 393 g/mol. The van der Waals surface area contributed by atoms with Gasteiger partial charge in [0.25, 0.3) is 0 Å². The number of sulfonamides is 1. The summed E-state index contributed by atoms with van der Waals surface area (Å²) in [5.74, 6) is 0.0272. The standard InChI is InChI=1S/C17H16ClN3O2S2/c1-25(22,23)21-14-6-2-4-12-13(10-20-17(12)14)11(5-3-9-19)15-7-8-16(18)24-15/h2,4,6-8,10-11,20-21H,3,5H2,1H3. The SMILES string of the molecule is CS(=O)(=O)Nc1cccc2c(C(CCC#N)c3ccc(Cl)s3)c[nH]c12. The van der Waals surface area contributed by atoms with Crippen molar-refractivity contribution in [3.8, 4) is 6.07 Å². The van der Waals surface area contributed by atoms with Gasteiger partial charge in [-0.15, -0.1) is 11.3 Å². The van der Waals surface area contributed by atoms with Gasteiger partial charge < -0.3 is 4.98 Å². The highest BCUT2D eigenvalue weighted by Crippen LogP contribution is 2.39. The van der Waals surface area contributed by atoms with Crippen LogP contribution in [0.25, 0.3) is 10.9 Å². The number of nitrogens with one attached hydrogen (secondary N) is 2. The predicted octanol–water partition coefficient (Wildman–Crippen LogP) is 4.69. The number of hydrogen-bond acceptors (Lipinski definition) is 4. The summed E-state index contributed by atoms with van der Waals surface area (Å²) in [7, 11) is -3.37. The number of aromatic nitrogens is 1. The Morgan fingerprint density at radius 2 is 2.16 bits per heavy atom. The van der Waals surface area contributed by atoms with Crippen molar-refractivity contribution >= 4 is 49.6 Å². The molecule has 5 nitrogen and oxygen atoms in total. The molecule has 0 aliphatic rings. The van der Waals surface area contributed by atoms with Crippen LogP contribution in [0.5, 0.6) is 0 Å². The van der Waals surface area contributed by atoms with E-state index >= 15 is 0 Å². The molecule has 2 aromatic heterocycles. The fourth-order valence-electron chi connectivity index (χ4n) is 2.92. The van der Waals surface area contributed by atoms with Crippen molar-refractivity contribution in [2.24, 2.45) is 0 Å². The lowest BCUT2D eigenvalue weighted by Crippen LogP contribution is -2.09. The number of H-pyrrole nitrogens is 1. The zero-order valence-electron chi connectivity index (χ0n) is 13.4. The highest BCUT2D eigenvalue weighted by molar-refractivity contribution is 7.92. The number of hydrogen-bond donors (Lipinski definition) is 2. The molecule has 1 unspecified atom stereocenters. The first-order valence-corrected chi connectivity index (χ1v) is 10.7. The maximum absolute atomic E-state index is 11.6. The Morgan fingerprint density at radius 3 is 2.80 bits per heavy atom. The van der Waals surface area contributed by atoms with Gasteiger partial charge in [-0.1, -0.05) is 23.7 Å². The van der Waals surface area contributed by atoms with Crippen LogP contribution in [-0.2, 0) is 10.0 Å². The van der Waals surface area contributed by atoms with Gasteiger partial charge in [0.15, 0.2) is 0 Å². The predicted molar refractivity (Wildman–Crippen MR) is 103 cm³/mol. The minimum absolute atomic E-state index is 0.0272. The molecule has 3 rings (SSSR count). The van der Waals surface area contributed by atoms with Crippen molar-refractivity contribution < 1.29 is 8.42 Å². The fraction of sp³-hybridized carbons (Fsp3) is 0.235. The molecule has 25 heavy (non-hydrogen) atoms. The Bertz CT molecular complexity index is 1050. The van der Waals surface area contributed by atoms with Crippen LogP contribution in [0.4, 0.5) is 5.69 Å². The van der Waals surface area contributed by atoms with Gasteiger partial charge in [0.2, 0.25) is 10.0 Å². The van der Waals surface area contributed by atoms with E-state index in [1.807, 2.05) is 30.5 Å². The summed E-state index contributed by atoms with van der Waals surface area (Å²) < 4.78 is 26.4. The first-order valence-electron chi connectivity index (χ1n) is 7.59. The van der Waals surface area contributed by atoms with Crippen LogP contribution in [0.3, 0.4) is 0 Å². The Labute approximate surface area is 155 Å². The summed E-state index contributed by atoms with van der Waals surface area (Å²) in [6.45, 7) is 0. The average molecular weight is 394 g/mol. The summed E-state index contributed by atoms with van der Waals surface area (Å²) in [6, 6.07) is 11.5. The summed E-state index contributed by atoms with van der Waals surface area (Å²) >= 11 is 7.58. The molecule has 8 heteroatoms. The highest BCUT2D eigenvalue weighted by Gasteiger charge is 2.21. The maximum Gasteiger partial charge on any atom is 0.229 e. The van der Waals surface area contributed by atoms with E-state index < -0.39 is 10.0 Å². The quantitative estimate of drug-likeness (QED) is 0.636. The molecule has 3 aromatic rings. The Morgan fingerprint density at radius 1 is 1.36 bits per heavy atom. The lowest BCUT2D eigenvalue weighted by atomic mass is 9.92. The first-order chi connectivity index (χ1) is 11.9. The van der Waals surface area contributed by atoms with Gasteiger partial charge in [0.05, 0.1) is 27.9 Å². The number of anilines is 1. The minimum Gasteiger partial charge on any atom is -0.359 e. The number of nitrogens with zero attached hydrogens (tertiary/aromatic N) is 1. The molecule has 2 N–H and O–H groups in total. The van der Waals surface area contributed by atoms with Gasteiger partial charge >= 0.3 is 0 Å². The van der Waals surface area contributed by atoms with E-state index in [0.29, 0.717) is 22.9 Å². The van der Waals surface area contributed by atoms with Crippen molar-refractivity contribution in [2.45, 2.75) is 18.8 Å². The third-order valence-electron chi connectivity index (χ3n) is 3.90. The summed E-state index contributed by atoms with van der Waals surface area (Å²) in [5, 5.41) is 9.92. The molecule has 1 atom stereocenters. The second-order valence-electron chi connectivity index (χ2n) is 5.74. The Hall–Kier alpha value is -2.01. The van der Waals surface area contributed by atoms with E-state index in [4.69, 9.17) is 16.9 Å². The lowest BCUT2D eigenvalue weighted by molar-refractivity contribution is 0.607. The Balaban J connectivity index is 2.09. The molecule has 0 saturated carbocycles. The van der Waals surface area contributed by atoms with Crippen molar-refractivity contribution in [1.29, 1.82) is 5.26 Å². The third-order valence-corrected chi connectivity index (χ3v) is 5.84. The molecule has 0 radical (unpaired) electrons. The molecule has 0 aliphatic heterocycles. The molecule has 130 valence electrons. The largest absolute Gasteiger partial charge is 0.359 e. The van der Waals surface area contributed by atoms with Crippen molar-refractivity contribution in [3.05, 3.63) is 51.3 Å². The molecule has 1 aromatic carbocycles. The van der Waals surface area contributed by atoms with Crippen LogP contribution < -0.4 is 4.72 Å². The number of halogens is 1. The molecule has 0 amide bonds. The number of fused-ring (bicyclic) bond motifs is 1. The van der Waals surface area contributed by atoms with Gasteiger partial charge in [-0.25, -0.2) is 8.42 Å². The van der Waals surface area contributed by atoms with Crippen molar-refractivity contribution in [1.82, 2.24) is 4.98 Å². The zero-order chi connectivity index (χ0) is 18.0. The van der Waals surface area contributed by atoms with Gasteiger partial charge in [-0.05, 0) is 30.2 Å². The van der Waals surface area contributed by atoms with Crippen molar-refractivity contribution in [2.75, 3.05) is 11.0 Å². The molecule has 0 spiro atoms. The van der Waals surface area contributed by atoms with E-state index in [2.05, 4.69) is 15.8 Å². The molecule has 0 bridgehead atoms. The van der Waals surface area contributed by atoms with Crippen LogP contribution >= 0.6 is 22.9 Å². The van der Waals surface area contributed by atoms with E-state index in [9.17, 15) is 8.42 Å². The molecular formula is C17H16ClN3O2S2. The van der Waals surface area contributed by atoms with Crippen LogP contribution in [0.15, 0.2) is 36.5 Å². The lowest BCUT2D eigenvalue weighted by Gasteiger charge is -2.14. The van der Waals surface area contributed by atoms with E-state index in [1.165, 1.54) is 11.3 Å². The smallest absolute Gasteiger partial charge is 0.229 e. The van der Waals surface area contributed by atoms with Crippen LogP contribution in [0.1, 0.15) is 29.2 Å². The normalized spacial score (nSPS) is 12.8. The zero-order valence-corrected chi connectivity index (χ0v) is 15.8. The second-order valence-corrected chi connectivity index (χ2v) is 9.23. The molecule has 0 aliphatic carbocycles. The summed E-state index contributed by atoms with van der Waals surface area (Å²) in [4.78, 5) is 4.26. The van der Waals surface area contributed by atoms with Gasteiger partial charge in [0, 0.05) is 28.8 Å². The second kappa shape index (κ2) is 7.08. The minimum atomic E-state index is -3.37. The van der Waals surface area contributed by atoms with E-state index in [1.54, 1.807) is 6.07 Å². The maximum atomic E-state index is 11.6. The summed E-state index contributed by atoms with van der Waals surface area (Å²) in [6.07, 6.45) is 4.10. The number of para-hydroxylation sites is 1. The first kappa shape index (κ1) is 17.8. The van der Waals surface area contributed by atoms with Crippen molar-refractivity contribution in [3.63, 3.8) is 0 Å².